The maximum absolute atomic E-state index is 12.8. The molecular formula is C22H29N3O3S2. The lowest BCUT2D eigenvalue weighted by atomic mass is 10.1. The van der Waals surface area contributed by atoms with Crippen LogP contribution < -0.4 is 0 Å². The molecule has 0 aliphatic carbocycles. The van der Waals surface area contributed by atoms with E-state index in [4.69, 9.17) is 0 Å². The number of sulfonamides is 1. The van der Waals surface area contributed by atoms with Gasteiger partial charge in [-0.15, -0.1) is 11.3 Å². The number of nitrogens with zero attached hydrogens (tertiary/aromatic N) is 3. The summed E-state index contributed by atoms with van der Waals surface area (Å²) in [7, 11) is -3.40. The number of piperazine rings is 1. The van der Waals surface area contributed by atoms with E-state index >= 15 is 0 Å². The van der Waals surface area contributed by atoms with Gasteiger partial charge in [0.1, 0.15) is 4.21 Å². The Morgan fingerprint density at radius 1 is 0.967 bits per heavy atom. The van der Waals surface area contributed by atoms with Crippen molar-refractivity contribution in [1.82, 2.24) is 14.1 Å². The predicted octanol–water partition coefficient (Wildman–Crippen LogP) is 2.73. The first kappa shape index (κ1) is 21.5. The molecule has 2 fully saturated rings. The van der Waals surface area contributed by atoms with Crippen LogP contribution in [0.15, 0.2) is 40.6 Å². The van der Waals surface area contributed by atoms with Crippen molar-refractivity contribution < 1.29 is 13.2 Å². The van der Waals surface area contributed by atoms with Crippen molar-refractivity contribution in [3.63, 3.8) is 0 Å². The predicted molar refractivity (Wildman–Crippen MR) is 119 cm³/mol. The quantitative estimate of drug-likeness (QED) is 0.683. The molecule has 162 valence electrons. The largest absolute Gasteiger partial charge is 0.340 e. The molecule has 2 saturated heterocycles. The second kappa shape index (κ2) is 9.18. The van der Waals surface area contributed by atoms with E-state index in [9.17, 15) is 13.2 Å². The number of hydrogen-bond donors (Lipinski definition) is 0. The number of aryl methyl sites for hydroxylation is 1. The number of thiophene rings is 1. The molecule has 0 unspecified atom stereocenters. The van der Waals surface area contributed by atoms with E-state index in [0.29, 0.717) is 17.3 Å². The highest BCUT2D eigenvalue weighted by Gasteiger charge is 2.29. The van der Waals surface area contributed by atoms with Gasteiger partial charge in [-0.3, -0.25) is 9.69 Å². The minimum atomic E-state index is -3.40. The molecule has 2 aromatic rings. The molecule has 1 amide bonds. The fourth-order valence-electron chi connectivity index (χ4n) is 4.09. The summed E-state index contributed by atoms with van der Waals surface area (Å²) in [5.74, 6) is 0.0810. The Morgan fingerprint density at radius 2 is 1.67 bits per heavy atom. The second-order valence-electron chi connectivity index (χ2n) is 8.09. The molecule has 30 heavy (non-hydrogen) atoms. The van der Waals surface area contributed by atoms with Crippen molar-refractivity contribution in [2.45, 2.75) is 36.9 Å². The van der Waals surface area contributed by atoms with E-state index in [1.54, 1.807) is 16.4 Å². The summed E-state index contributed by atoms with van der Waals surface area (Å²) in [5.41, 5.74) is 2.64. The third kappa shape index (κ3) is 4.77. The van der Waals surface area contributed by atoms with Crippen LogP contribution in [-0.4, -0.2) is 67.7 Å². The molecule has 0 radical (unpaired) electrons. The summed E-state index contributed by atoms with van der Waals surface area (Å²) in [5, 5.41) is 0. The van der Waals surface area contributed by atoms with E-state index in [-0.39, 0.29) is 12.3 Å². The molecule has 0 atom stereocenters. The van der Waals surface area contributed by atoms with Crippen LogP contribution in [0.5, 0.6) is 0 Å². The highest BCUT2D eigenvalue weighted by Crippen LogP contribution is 2.28. The van der Waals surface area contributed by atoms with Gasteiger partial charge in [0.15, 0.2) is 0 Å². The molecule has 3 heterocycles. The highest BCUT2D eigenvalue weighted by atomic mass is 32.2. The summed E-state index contributed by atoms with van der Waals surface area (Å²) in [6, 6.07) is 11.9. The van der Waals surface area contributed by atoms with Gasteiger partial charge < -0.3 is 4.90 Å². The highest BCUT2D eigenvalue weighted by molar-refractivity contribution is 7.91. The van der Waals surface area contributed by atoms with Gasteiger partial charge in [0, 0.05) is 50.7 Å². The molecule has 4 rings (SSSR count). The standard InChI is InChI=1S/C22H29N3O3S2/c1-18-6-2-3-7-19(18)17-23-12-14-24(15-13-23)21(26)16-20-8-9-22(29-20)30(27,28)25-10-4-5-11-25/h2-3,6-9H,4-5,10-17H2,1H3. The van der Waals surface area contributed by atoms with Crippen LogP contribution in [0.4, 0.5) is 0 Å². The van der Waals surface area contributed by atoms with E-state index in [0.717, 1.165) is 50.4 Å². The molecule has 0 saturated carbocycles. The lowest BCUT2D eigenvalue weighted by Gasteiger charge is -2.35. The van der Waals surface area contributed by atoms with E-state index in [1.807, 2.05) is 4.90 Å². The van der Waals surface area contributed by atoms with Gasteiger partial charge in [-0.05, 0) is 43.0 Å². The average molecular weight is 448 g/mol. The van der Waals surface area contributed by atoms with Crippen molar-refractivity contribution in [1.29, 1.82) is 0 Å². The number of carbonyl (C=O) groups is 1. The van der Waals surface area contributed by atoms with Crippen molar-refractivity contribution in [3.8, 4) is 0 Å². The zero-order chi connectivity index (χ0) is 21.1. The molecule has 0 bridgehead atoms. The van der Waals surface area contributed by atoms with Gasteiger partial charge in [0.05, 0.1) is 6.42 Å². The lowest BCUT2D eigenvalue weighted by molar-refractivity contribution is -0.132. The lowest BCUT2D eigenvalue weighted by Crippen LogP contribution is -2.48. The first-order valence-corrected chi connectivity index (χ1v) is 12.8. The fourth-order valence-corrected chi connectivity index (χ4v) is 7.11. The molecule has 1 aromatic heterocycles. The van der Waals surface area contributed by atoms with Crippen LogP contribution in [0.2, 0.25) is 0 Å². The van der Waals surface area contributed by atoms with Gasteiger partial charge in [-0.2, -0.15) is 4.31 Å². The topological polar surface area (TPSA) is 60.9 Å². The molecule has 0 N–H and O–H groups in total. The Hall–Kier alpha value is -1.74. The number of amides is 1. The number of hydrogen-bond acceptors (Lipinski definition) is 5. The van der Waals surface area contributed by atoms with Gasteiger partial charge in [0.2, 0.25) is 5.91 Å². The van der Waals surface area contributed by atoms with Crippen molar-refractivity contribution >= 4 is 27.3 Å². The molecular weight excluding hydrogens is 418 g/mol. The normalized spacial score (nSPS) is 18.8. The zero-order valence-electron chi connectivity index (χ0n) is 17.4. The zero-order valence-corrected chi connectivity index (χ0v) is 19.1. The molecule has 2 aliphatic heterocycles. The first-order chi connectivity index (χ1) is 14.4. The molecule has 1 aromatic carbocycles. The fraction of sp³-hybridized carbons (Fsp3) is 0.500. The van der Waals surface area contributed by atoms with Crippen LogP contribution in [0.25, 0.3) is 0 Å². The molecule has 6 nitrogen and oxygen atoms in total. The van der Waals surface area contributed by atoms with Crippen LogP contribution >= 0.6 is 11.3 Å². The summed E-state index contributed by atoms with van der Waals surface area (Å²) in [4.78, 5) is 17.9. The molecule has 2 aliphatic rings. The summed E-state index contributed by atoms with van der Waals surface area (Å²) in [6.07, 6.45) is 2.12. The Labute approximate surface area is 183 Å². The Morgan fingerprint density at radius 3 is 2.37 bits per heavy atom. The summed E-state index contributed by atoms with van der Waals surface area (Å²) in [6.45, 7) is 7.40. The first-order valence-electron chi connectivity index (χ1n) is 10.6. The third-order valence-corrected chi connectivity index (χ3v) is 9.45. The average Bonchev–Trinajstić information content (AvgIpc) is 3.43. The summed E-state index contributed by atoms with van der Waals surface area (Å²) < 4.78 is 27.3. The van der Waals surface area contributed by atoms with Gasteiger partial charge in [-0.25, -0.2) is 8.42 Å². The monoisotopic (exact) mass is 447 g/mol. The van der Waals surface area contributed by atoms with Crippen LogP contribution in [0.1, 0.15) is 28.8 Å². The second-order valence-corrected chi connectivity index (χ2v) is 11.4. The minimum Gasteiger partial charge on any atom is -0.340 e. The Bertz CT molecular complexity index is 989. The van der Waals surface area contributed by atoms with Crippen LogP contribution in [-0.2, 0) is 27.8 Å². The van der Waals surface area contributed by atoms with E-state index in [1.165, 1.54) is 22.5 Å². The SMILES string of the molecule is Cc1ccccc1CN1CCN(C(=O)Cc2ccc(S(=O)(=O)N3CCCC3)s2)CC1. The third-order valence-electron chi connectivity index (χ3n) is 6.00. The van der Waals surface area contributed by atoms with Crippen LogP contribution in [0.3, 0.4) is 0 Å². The van der Waals surface area contributed by atoms with Crippen molar-refractivity contribution in [2.24, 2.45) is 0 Å². The Kier molecular flexibility index (Phi) is 6.57. The smallest absolute Gasteiger partial charge is 0.252 e. The van der Waals surface area contributed by atoms with E-state index in [2.05, 4.69) is 36.1 Å². The van der Waals surface area contributed by atoms with Crippen LogP contribution in [0, 0.1) is 6.92 Å². The molecule has 0 spiro atoms. The number of carbonyl (C=O) groups excluding carboxylic acids is 1. The number of benzene rings is 1. The van der Waals surface area contributed by atoms with Gasteiger partial charge in [-0.1, -0.05) is 24.3 Å². The maximum atomic E-state index is 12.8. The molecule has 8 heteroatoms. The maximum Gasteiger partial charge on any atom is 0.252 e. The van der Waals surface area contributed by atoms with E-state index < -0.39 is 10.0 Å². The minimum absolute atomic E-state index is 0.0810. The Balaban J connectivity index is 1.30. The number of rotatable bonds is 6. The summed E-state index contributed by atoms with van der Waals surface area (Å²) >= 11 is 1.24. The van der Waals surface area contributed by atoms with Gasteiger partial charge >= 0.3 is 0 Å². The van der Waals surface area contributed by atoms with Crippen molar-refractivity contribution in [2.75, 3.05) is 39.3 Å². The van der Waals surface area contributed by atoms with Crippen molar-refractivity contribution in [3.05, 3.63) is 52.4 Å². The van der Waals surface area contributed by atoms with Gasteiger partial charge in [0.25, 0.3) is 10.0 Å².